The highest BCUT2D eigenvalue weighted by Crippen LogP contribution is 2.35. The van der Waals surface area contributed by atoms with E-state index in [-0.39, 0.29) is 5.78 Å². The van der Waals surface area contributed by atoms with E-state index in [0.717, 1.165) is 31.2 Å². The average molecular weight is 274 g/mol. The molecule has 0 radical (unpaired) electrons. The molecular weight excluding hydrogens is 248 g/mol. The molecule has 0 spiro atoms. The van der Waals surface area contributed by atoms with E-state index in [2.05, 4.69) is 38.1 Å². The summed E-state index contributed by atoms with van der Waals surface area (Å²) in [5.41, 5.74) is 1.93. The van der Waals surface area contributed by atoms with Crippen molar-refractivity contribution in [1.82, 2.24) is 0 Å². The lowest BCUT2D eigenvalue weighted by Crippen LogP contribution is -2.40. The molecule has 2 nitrogen and oxygen atoms in total. The van der Waals surface area contributed by atoms with Gasteiger partial charge in [-0.25, -0.2) is 0 Å². The van der Waals surface area contributed by atoms with Gasteiger partial charge in [0.1, 0.15) is 5.60 Å². The zero-order chi connectivity index (χ0) is 14.6. The third-order valence-corrected chi connectivity index (χ3v) is 4.35. The van der Waals surface area contributed by atoms with Crippen molar-refractivity contribution in [2.45, 2.75) is 64.4 Å². The number of Topliss-reactive ketones (excluding diaryl/α,β-unsaturated/α-hetero) is 1. The SMILES string of the molecule is CCOC1(C(=O)Cc2ccc(C(C)C)cc2)CCCC1. The second kappa shape index (κ2) is 6.53. The van der Waals surface area contributed by atoms with Crippen molar-refractivity contribution in [3.8, 4) is 0 Å². The molecule has 2 heteroatoms. The second-order valence-corrected chi connectivity index (χ2v) is 6.13. The molecule has 1 aromatic carbocycles. The molecule has 0 aliphatic heterocycles. The molecule has 0 saturated heterocycles. The van der Waals surface area contributed by atoms with Gasteiger partial charge < -0.3 is 4.74 Å². The maximum Gasteiger partial charge on any atom is 0.168 e. The van der Waals surface area contributed by atoms with Crippen LogP contribution >= 0.6 is 0 Å². The van der Waals surface area contributed by atoms with Gasteiger partial charge in [0.2, 0.25) is 0 Å². The molecule has 1 aliphatic rings. The van der Waals surface area contributed by atoms with E-state index in [4.69, 9.17) is 4.74 Å². The fraction of sp³-hybridized carbons (Fsp3) is 0.611. The Kier molecular flexibility index (Phi) is 4.98. The number of carbonyl (C=O) groups is 1. The summed E-state index contributed by atoms with van der Waals surface area (Å²) in [6, 6.07) is 8.44. The van der Waals surface area contributed by atoms with Crippen molar-refractivity contribution in [3.63, 3.8) is 0 Å². The van der Waals surface area contributed by atoms with Gasteiger partial charge in [0.15, 0.2) is 5.78 Å². The molecule has 1 fully saturated rings. The van der Waals surface area contributed by atoms with E-state index in [9.17, 15) is 4.79 Å². The van der Waals surface area contributed by atoms with Crippen LogP contribution in [0.25, 0.3) is 0 Å². The van der Waals surface area contributed by atoms with Crippen LogP contribution in [0.4, 0.5) is 0 Å². The predicted molar refractivity (Wildman–Crippen MR) is 82.1 cm³/mol. The molecule has 0 aromatic heterocycles. The Morgan fingerprint density at radius 1 is 1.20 bits per heavy atom. The lowest BCUT2D eigenvalue weighted by atomic mass is 9.90. The largest absolute Gasteiger partial charge is 0.367 e. The minimum atomic E-state index is -0.495. The molecule has 1 aliphatic carbocycles. The number of hydrogen-bond acceptors (Lipinski definition) is 2. The lowest BCUT2D eigenvalue weighted by Gasteiger charge is -2.27. The van der Waals surface area contributed by atoms with E-state index >= 15 is 0 Å². The Morgan fingerprint density at radius 3 is 2.30 bits per heavy atom. The van der Waals surface area contributed by atoms with E-state index in [1.54, 1.807) is 0 Å². The van der Waals surface area contributed by atoms with Crippen molar-refractivity contribution in [2.75, 3.05) is 6.61 Å². The van der Waals surface area contributed by atoms with Crippen LogP contribution < -0.4 is 0 Å². The summed E-state index contributed by atoms with van der Waals surface area (Å²) in [5, 5.41) is 0. The van der Waals surface area contributed by atoms with Crippen LogP contribution in [0.5, 0.6) is 0 Å². The first-order valence-electron chi connectivity index (χ1n) is 7.83. The fourth-order valence-electron chi connectivity index (χ4n) is 3.09. The van der Waals surface area contributed by atoms with Crippen LogP contribution in [0, 0.1) is 0 Å². The zero-order valence-electron chi connectivity index (χ0n) is 12.9. The summed E-state index contributed by atoms with van der Waals surface area (Å²) >= 11 is 0. The summed E-state index contributed by atoms with van der Waals surface area (Å²) in [6.07, 6.45) is 4.50. The second-order valence-electron chi connectivity index (χ2n) is 6.13. The Bertz CT molecular complexity index is 439. The zero-order valence-corrected chi connectivity index (χ0v) is 12.9. The number of ether oxygens (including phenoxy) is 1. The molecule has 0 bridgehead atoms. The Labute approximate surface area is 122 Å². The molecule has 1 aromatic rings. The molecule has 0 amide bonds. The molecule has 0 unspecified atom stereocenters. The normalized spacial score (nSPS) is 17.6. The van der Waals surface area contributed by atoms with Crippen molar-refractivity contribution in [2.24, 2.45) is 0 Å². The first kappa shape index (κ1) is 15.2. The predicted octanol–water partition coefficient (Wildman–Crippen LogP) is 4.27. The molecule has 0 heterocycles. The highest BCUT2D eigenvalue weighted by atomic mass is 16.5. The Hall–Kier alpha value is -1.15. The summed E-state index contributed by atoms with van der Waals surface area (Å²) in [5.74, 6) is 0.790. The lowest BCUT2D eigenvalue weighted by molar-refractivity contribution is -0.142. The maximum atomic E-state index is 12.6. The topological polar surface area (TPSA) is 26.3 Å². The smallest absolute Gasteiger partial charge is 0.168 e. The molecule has 110 valence electrons. The number of carbonyl (C=O) groups excluding carboxylic acids is 1. The van der Waals surface area contributed by atoms with Crippen LogP contribution in [-0.4, -0.2) is 18.0 Å². The highest BCUT2D eigenvalue weighted by Gasteiger charge is 2.41. The summed E-state index contributed by atoms with van der Waals surface area (Å²) in [4.78, 5) is 12.6. The molecule has 20 heavy (non-hydrogen) atoms. The minimum Gasteiger partial charge on any atom is -0.367 e. The van der Waals surface area contributed by atoms with Crippen LogP contribution in [0.15, 0.2) is 24.3 Å². The van der Waals surface area contributed by atoms with Crippen molar-refractivity contribution < 1.29 is 9.53 Å². The molecule has 0 atom stereocenters. The number of ketones is 1. The van der Waals surface area contributed by atoms with E-state index in [0.29, 0.717) is 18.9 Å². The van der Waals surface area contributed by atoms with Crippen LogP contribution in [0.3, 0.4) is 0 Å². The van der Waals surface area contributed by atoms with Crippen LogP contribution in [-0.2, 0) is 16.0 Å². The first-order valence-corrected chi connectivity index (χ1v) is 7.83. The van der Waals surface area contributed by atoms with Gasteiger partial charge in [0.25, 0.3) is 0 Å². The molecule has 1 saturated carbocycles. The summed E-state index contributed by atoms with van der Waals surface area (Å²) in [6.45, 7) is 6.97. The Balaban J connectivity index is 2.06. The highest BCUT2D eigenvalue weighted by molar-refractivity contribution is 5.89. The minimum absolute atomic E-state index is 0.258. The van der Waals surface area contributed by atoms with Crippen LogP contribution in [0.2, 0.25) is 0 Å². The van der Waals surface area contributed by atoms with Gasteiger partial charge in [-0.1, -0.05) is 38.1 Å². The quantitative estimate of drug-likeness (QED) is 0.774. The summed E-state index contributed by atoms with van der Waals surface area (Å²) in [7, 11) is 0. The maximum absolute atomic E-state index is 12.6. The van der Waals surface area contributed by atoms with E-state index in [1.807, 2.05) is 6.92 Å². The van der Waals surface area contributed by atoms with Gasteiger partial charge in [0, 0.05) is 13.0 Å². The number of benzene rings is 1. The van der Waals surface area contributed by atoms with Crippen molar-refractivity contribution in [3.05, 3.63) is 35.4 Å². The fourth-order valence-corrected chi connectivity index (χ4v) is 3.09. The molecular formula is C18H26O2. The van der Waals surface area contributed by atoms with E-state index in [1.165, 1.54) is 5.56 Å². The first-order chi connectivity index (χ1) is 9.57. The third-order valence-electron chi connectivity index (χ3n) is 4.35. The van der Waals surface area contributed by atoms with Gasteiger partial charge in [0.05, 0.1) is 0 Å². The number of hydrogen-bond donors (Lipinski definition) is 0. The molecule has 2 rings (SSSR count). The van der Waals surface area contributed by atoms with Crippen LogP contribution in [0.1, 0.15) is 63.5 Å². The third kappa shape index (κ3) is 3.29. The summed E-state index contributed by atoms with van der Waals surface area (Å²) < 4.78 is 5.84. The monoisotopic (exact) mass is 274 g/mol. The molecule has 0 N–H and O–H groups in total. The van der Waals surface area contributed by atoms with Crippen molar-refractivity contribution in [1.29, 1.82) is 0 Å². The van der Waals surface area contributed by atoms with Gasteiger partial charge in [-0.2, -0.15) is 0 Å². The van der Waals surface area contributed by atoms with Gasteiger partial charge in [-0.15, -0.1) is 0 Å². The Morgan fingerprint density at radius 2 is 1.80 bits per heavy atom. The van der Waals surface area contributed by atoms with Crippen molar-refractivity contribution >= 4 is 5.78 Å². The van der Waals surface area contributed by atoms with Gasteiger partial charge >= 0.3 is 0 Å². The van der Waals surface area contributed by atoms with E-state index < -0.39 is 5.60 Å². The van der Waals surface area contributed by atoms with Gasteiger partial charge in [-0.3, -0.25) is 4.79 Å². The standard InChI is InChI=1S/C18H26O2/c1-4-20-18(11-5-6-12-18)17(19)13-15-7-9-16(10-8-15)14(2)3/h7-10,14H,4-6,11-13H2,1-3H3. The average Bonchev–Trinajstić information content (AvgIpc) is 2.89. The number of rotatable bonds is 6. The van der Waals surface area contributed by atoms with Gasteiger partial charge in [-0.05, 0) is 49.7 Å².